The first kappa shape index (κ1) is 15.8. The normalized spacial score (nSPS) is 11.2. The van der Waals surface area contributed by atoms with Gasteiger partial charge in [0.2, 0.25) is 5.91 Å². The zero-order valence-corrected chi connectivity index (χ0v) is 13.6. The number of aryl methyl sites for hydroxylation is 4. The Bertz CT molecular complexity index is 631. The Balaban J connectivity index is 2.43. The number of rotatable bonds is 7. The van der Waals surface area contributed by atoms with Crippen LogP contribution in [0.4, 0.5) is 0 Å². The molecule has 0 bridgehead atoms. The maximum atomic E-state index is 11.5. The maximum absolute atomic E-state index is 11.5. The topological polar surface area (TPSA) is 64.7 Å². The molecule has 0 spiro atoms. The summed E-state index contributed by atoms with van der Waals surface area (Å²) in [5.74, 6) is 1.46. The summed E-state index contributed by atoms with van der Waals surface area (Å²) < 4.78 is 3.92. The van der Waals surface area contributed by atoms with E-state index in [0.29, 0.717) is 25.3 Å². The second-order valence-corrected chi connectivity index (χ2v) is 5.41. The highest BCUT2D eigenvalue weighted by molar-refractivity contribution is 6.17. The number of imidazole rings is 1. The van der Waals surface area contributed by atoms with Crippen molar-refractivity contribution in [3.63, 3.8) is 0 Å². The predicted molar refractivity (Wildman–Crippen MR) is 83.6 cm³/mol. The van der Waals surface area contributed by atoms with Crippen LogP contribution >= 0.6 is 11.6 Å². The SMILES string of the molecule is CCCc1nn(C)c2c1nc(CCCl)n2CCC(=O)NC. The molecule has 6 nitrogen and oxygen atoms in total. The first-order chi connectivity index (χ1) is 10.1. The lowest BCUT2D eigenvalue weighted by atomic mass is 10.2. The van der Waals surface area contributed by atoms with Gasteiger partial charge in [-0.25, -0.2) is 4.98 Å². The van der Waals surface area contributed by atoms with Crippen LogP contribution in [-0.4, -0.2) is 38.2 Å². The Labute approximate surface area is 129 Å². The molecular formula is C14H22ClN5O. The highest BCUT2D eigenvalue weighted by Gasteiger charge is 2.18. The molecule has 0 aliphatic carbocycles. The number of carbonyl (C=O) groups excluding carboxylic acids is 1. The molecule has 0 saturated heterocycles. The van der Waals surface area contributed by atoms with E-state index < -0.39 is 0 Å². The van der Waals surface area contributed by atoms with Gasteiger partial charge < -0.3 is 9.88 Å². The lowest BCUT2D eigenvalue weighted by Gasteiger charge is -2.08. The van der Waals surface area contributed by atoms with Crippen molar-refractivity contribution < 1.29 is 4.79 Å². The summed E-state index contributed by atoms with van der Waals surface area (Å²) in [4.78, 5) is 16.2. The van der Waals surface area contributed by atoms with Crippen LogP contribution in [-0.2, 0) is 31.2 Å². The Morgan fingerprint density at radius 1 is 1.38 bits per heavy atom. The minimum absolute atomic E-state index is 0.0182. The molecule has 0 aliphatic rings. The van der Waals surface area contributed by atoms with Crippen LogP contribution in [0.1, 0.15) is 31.3 Å². The van der Waals surface area contributed by atoms with Gasteiger partial charge in [-0.05, 0) is 6.42 Å². The molecule has 2 aromatic rings. The fourth-order valence-electron chi connectivity index (χ4n) is 2.54. The minimum atomic E-state index is 0.0182. The van der Waals surface area contributed by atoms with E-state index in [4.69, 9.17) is 16.6 Å². The number of amides is 1. The van der Waals surface area contributed by atoms with Gasteiger partial charge in [0.05, 0.1) is 5.69 Å². The molecular weight excluding hydrogens is 290 g/mol. The van der Waals surface area contributed by atoms with Crippen molar-refractivity contribution in [2.45, 2.75) is 39.2 Å². The van der Waals surface area contributed by atoms with Crippen molar-refractivity contribution in [3.8, 4) is 0 Å². The smallest absolute Gasteiger partial charge is 0.221 e. The van der Waals surface area contributed by atoms with Gasteiger partial charge in [-0.1, -0.05) is 13.3 Å². The van der Waals surface area contributed by atoms with Crippen molar-refractivity contribution in [1.29, 1.82) is 0 Å². The third-order valence-corrected chi connectivity index (χ3v) is 3.71. The monoisotopic (exact) mass is 311 g/mol. The molecule has 1 N–H and O–H groups in total. The van der Waals surface area contributed by atoms with Crippen LogP contribution in [0.25, 0.3) is 11.2 Å². The first-order valence-corrected chi connectivity index (χ1v) is 7.83. The fraction of sp³-hybridized carbons (Fsp3) is 0.643. The molecule has 0 saturated carbocycles. The quantitative estimate of drug-likeness (QED) is 0.791. The fourth-order valence-corrected chi connectivity index (χ4v) is 2.71. The van der Waals surface area contributed by atoms with Gasteiger partial charge in [0.1, 0.15) is 11.3 Å². The largest absolute Gasteiger partial charge is 0.359 e. The third kappa shape index (κ3) is 3.20. The van der Waals surface area contributed by atoms with Crippen molar-refractivity contribution in [1.82, 2.24) is 24.6 Å². The summed E-state index contributed by atoms with van der Waals surface area (Å²) in [5, 5.41) is 7.19. The predicted octanol–water partition coefficient (Wildman–Crippen LogP) is 1.64. The number of alkyl halides is 1. The van der Waals surface area contributed by atoms with Crippen molar-refractivity contribution in [3.05, 3.63) is 11.5 Å². The summed E-state index contributed by atoms with van der Waals surface area (Å²) >= 11 is 5.88. The number of hydrogen-bond acceptors (Lipinski definition) is 3. The van der Waals surface area contributed by atoms with Gasteiger partial charge in [0.15, 0.2) is 5.65 Å². The number of fused-ring (bicyclic) bond motifs is 1. The molecule has 2 aromatic heterocycles. The summed E-state index contributed by atoms with van der Waals surface area (Å²) in [6.45, 7) is 2.72. The molecule has 0 aromatic carbocycles. The third-order valence-electron chi connectivity index (χ3n) is 3.52. The molecule has 116 valence electrons. The molecule has 0 unspecified atom stereocenters. The molecule has 0 radical (unpaired) electrons. The van der Waals surface area contributed by atoms with Gasteiger partial charge in [0, 0.05) is 39.4 Å². The van der Waals surface area contributed by atoms with Crippen LogP contribution < -0.4 is 5.32 Å². The van der Waals surface area contributed by atoms with E-state index in [0.717, 1.165) is 35.5 Å². The van der Waals surface area contributed by atoms with Crippen LogP contribution in [0.3, 0.4) is 0 Å². The van der Waals surface area contributed by atoms with E-state index in [1.165, 1.54) is 0 Å². The summed E-state index contributed by atoms with van der Waals surface area (Å²) in [6.07, 6.45) is 3.05. The Morgan fingerprint density at radius 3 is 2.76 bits per heavy atom. The number of aromatic nitrogens is 4. The highest BCUT2D eigenvalue weighted by atomic mass is 35.5. The minimum Gasteiger partial charge on any atom is -0.359 e. The van der Waals surface area contributed by atoms with Crippen molar-refractivity contribution in [2.75, 3.05) is 12.9 Å². The second-order valence-electron chi connectivity index (χ2n) is 5.03. The summed E-state index contributed by atoms with van der Waals surface area (Å²) in [6, 6.07) is 0. The van der Waals surface area contributed by atoms with Crippen LogP contribution in [0.5, 0.6) is 0 Å². The number of carbonyl (C=O) groups is 1. The van der Waals surface area contributed by atoms with Gasteiger partial charge in [-0.3, -0.25) is 9.48 Å². The highest BCUT2D eigenvalue weighted by Crippen LogP contribution is 2.21. The average molecular weight is 312 g/mol. The molecule has 2 heterocycles. The molecule has 0 fully saturated rings. The first-order valence-electron chi connectivity index (χ1n) is 7.29. The average Bonchev–Trinajstić information content (AvgIpc) is 2.96. The second kappa shape index (κ2) is 6.93. The van der Waals surface area contributed by atoms with E-state index in [9.17, 15) is 4.79 Å². The molecule has 2 rings (SSSR count). The van der Waals surface area contributed by atoms with E-state index in [1.807, 2.05) is 11.7 Å². The van der Waals surface area contributed by atoms with Crippen molar-refractivity contribution >= 4 is 28.7 Å². The summed E-state index contributed by atoms with van der Waals surface area (Å²) in [5.41, 5.74) is 2.93. The Morgan fingerprint density at radius 2 is 2.14 bits per heavy atom. The number of halogens is 1. The molecule has 0 aliphatic heterocycles. The van der Waals surface area contributed by atoms with E-state index in [2.05, 4.69) is 21.9 Å². The number of nitrogens with zero attached hydrogens (tertiary/aromatic N) is 4. The lowest BCUT2D eigenvalue weighted by Crippen LogP contribution is -2.20. The van der Waals surface area contributed by atoms with Crippen LogP contribution in [0.2, 0.25) is 0 Å². The van der Waals surface area contributed by atoms with Crippen LogP contribution in [0, 0.1) is 0 Å². The molecule has 0 atom stereocenters. The molecule has 21 heavy (non-hydrogen) atoms. The van der Waals surface area contributed by atoms with Gasteiger partial charge in [-0.2, -0.15) is 5.10 Å². The Hall–Kier alpha value is -1.56. The molecule has 1 amide bonds. The van der Waals surface area contributed by atoms with E-state index in [1.54, 1.807) is 7.05 Å². The van der Waals surface area contributed by atoms with Crippen molar-refractivity contribution in [2.24, 2.45) is 7.05 Å². The van der Waals surface area contributed by atoms with Gasteiger partial charge in [0.25, 0.3) is 0 Å². The Kier molecular flexibility index (Phi) is 5.22. The van der Waals surface area contributed by atoms with Gasteiger partial charge >= 0.3 is 0 Å². The lowest BCUT2D eigenvalue weighted by molar-refractivity contribution is -0.120. The van der Waals surface area contributed by atoms with Gasteiger partial charge in [-0.15, -0.1) is 11.6 Å². The van der Waals surface area contributed by atoms with E-state index >= 15 is 0 Å². The number of hydrogen-bond donors (Lipinski definition) is 1. The van der Waals surface area contributed by atoms with Crippen LogP contribution in [0.15, 0.2) is 0 Å². The summed E-state index contributed by atoms with van der Waals surface area (Å²) in [7, 11) is 3.57. The number of nitrogens with one attached hydrogen (secondary N) is 1. The maximum Gasteiger partial charge on any atom is 0.221 e. The standard InChI is InChI=1S/C14H22ClN5O/c1-4-5-10-13-14(19(3)18-10)20(9-7-12(21)16-2)11(17-13)6-8-15/h4-9H2,1-3H3,(H,16,21). The van der Waals surface area contributed by atoms with E-state index in [-0.39, 0.29) is 5.91 Å². The zero-order valence-electron chi connectivity index (χ0n) is 12.8. The molecule has 7 heteroatoms. The zero-order chi connectivity index (χ0) is 15.4.